The summed E-state index contributed by atoms with van der Waals surface area (Å²) >= 11 is 0. The van der Waals surface area contributed by atoms with E-state index in [1.807, 2.05) is 13.8 Å². The van der Waals surface area contributed by atoms with Gasteiger partial charge in [0.2, 0.25) is 0 Å². The summed E-state index contributed by atoms with van der Waals surface area (Å²) in [5.74, 6) is 1.91. The summed E-state index contributed by atoms with van der Waals surface area (Å²) in [6, 6.07) is 0. The molecule has 4 nitrogen and oxygen atoms in total. The standard InChI is InChI=1S/C12H19N3O.C2H6/c1-9-11-8-13-4-5-15(11)12(14-9)10-2-6-16-7-3-10;1-2/h10,13H,2-8H2,1H3;1-2H3. The van der Waals surface area contributed by atoms with E-state index in [4.69, 9.17) is 9.72 Å². The molecule has 1 N–H and O–H groups in total. The third kappa shape index (κ3) is 2.59. The molecule has 0 radical (unpaired) electrons. The number of ether oxygens (including phenoxy) is 1. The number of imidazole rings is 1. The Bertz CT molecular complexity index is 381. The smallest absolute Gasteiger partial charge is 0.112 e. The molecule has 0 atom stereocenters. The Kier molecular flexibility index (Phi) is 4.78. The van der Waals surface area contributed by atoms with Crippen molar-refractivity contribution in [2.24, 2.45) is 0 Å². The minimum atomic E-state index is 0.610. The van der Waals surface area contributed by atoms with Crippen LogP contribution in [0.1, 0.15) is 49.8 Å². The zero-order valence-corrected chi connectivity index (χ0v) is 11.8. The molecule has 1 aromatic heterocycles. The SMILES string of the molecule is CC.Cc1nc(C2CCOCC2)n2c1CNCC2. The van der Waals surface area contributed by atoms with Crippen LogP contribution in [0.25, 0.3) is 0 Å². The predicted molar refractivity (Wildman–Crippen MR) is 72.8 cm³/mol. The van der Waals surface area contributed by atoms with Crippen molar-refractivity contribution in [2.45, 2.75) is 52.6 Å². The third-order valence-corrected chi connectivity index (χ3v) is 3.69. The average Bonchev–Trinajstić information content (AvgIpc) is 2.80. The lowest BCUT2D eigenvalue weighted by molar-refractivity contribution is 0.0826. The lowest BCUT2D eigenvalue weighted by atomic mass is 9.99. The normalized spacial score (nSPS) is 19.9. The molecule has 3 heterocycles. The van der Waals surface area contributed by atoms with Gasteiger partial charge in [-0.15, -0.1) is 0 Å². The number of fused-ring (bicyclic) bond motifs is 1. The molecule has 1 fully saturated rings. The zero-order valence-electron chi connectivity index (χ0n) is 11.8. The Morgan fingerprint density at radius 1 is 1.28 bits per heavy atom. The molecule has 0 bridgehead atoms. The molecular weight excluding hydrogens is 226 g/mol. The maximum absolute atomic E-state index is 5.42. The second kappa shape index (κ2) is 6.34. The van der Waals surface area contributed by atoms with Gasteiger partial charge >= 0.3 is 0 Å². The van der Waals surface area contributed by atoms with E-state index < -0.39 is 0 Å². The van der Waals surface area contributed by atoms with Crippen LogP contribution in [0.3, 0.4) is 0 Å². The van der Waals surface area contributed by atoms with Gasteiger partial charge in [0.15, 0.2) is 0 Å². The quantitative estimate of drug-likeness (QED) is 0.832. The Labute approximate surface area is 110 Å². The molecule has 1 saturated heterocycles. The highest BCUT2D eigenvalue weighted by molar-refractivity contribution is 5.20. The predicted octanol–water partition coefficient (Wildman–Crippen LogP) is 2.21. The van der Waals surface area contributed by atoms with Crippen LogP contribution in [-0.2, 0) is 17.8 Å². The van der Waals surface area contributed by atoms with Crippen molar-refractivity contribution in [3.8, 4) is 0 Å². The second-order valence-electron chi connectivity index (χ2n) is 4.72. The first-order valence-electron chi connectivity index (χ1n) is 7.20. The minimum Gasteiger partial charge on any atom is -0.381 e. The van der Waals surface area contributed by atoms with E-state index in [9.17, 15) is 0 Å². The van der Waals surface area contributed by atoms with Crippen molar-refractivity contribution in [1.29, 1.82) is 0 Å². The number of aromatic nitrogens is 2. The fourth-order valence-corrected chi connectivity index (χ4v) is 2.77. The van der Waals surface area contributed by atoms with Crippen molar-refractivity contribution in [2.75, 3.05) is 19.8 Å². The number of nitrogens with one attached hydrogen (secondary N) is 1. The maximum atomic E-state index is 5.42. The third-order valence-electron chi connectivity index (χ3n) is 3.69. The Morgan fingerprint density at radius 3 is 2.72 bits per heavy atom. The van der Waals surface area contributed by atoms with Gasteiger partial charge in [0.25, 0.3) is 0 Å². The van der Waals surface area contributed by atoms with Crippen LogP contribution in [-0.4, -0.2) is 29.3 Å². The number of hydrogen-bond acceptors (Lipinski definition) is 3. The molecule has 2 aliphatic rings. The number of hydrogen-bond donors (Lipinski definition) is 1. The van der Waals surface area contributed by atoms with Crippen LogP contribution in [0.4, 0.5) is 0 Å². The van der Waals surface area contributed by atoms with Crippen LogP contribution in [0.15, 0.2) is 0 Å². The highest BCUT2D eigenvalue weighted by atomic mass is 16.5. The van der Waals surface area contributed by atoms with Gasteiger partial charge in [-0.25, -0.2) is 4.98 Å². The summed E-state index contributed by atoms with van der Waals surface area (Å²) in [6.07, 6.45) is 2.26. The summed E-state index contributed by atoms with van der Waals surface area (Å²) in [4.78, 5) is 4.78. The summed E-state index contributed by atoms with van der Waals surface area (Å²) in [7, 11) is 0. The van der Waals surface area contributed by atoms with E-state index in [-0.39, 0.29) is 0 Å². The second-order valence-corrected chi connectivity index (χ2v) is 4.72. The lowest BCUT2D eigenvalue weighted by Crippen LogP contribution is -2.30. The van der Waals surface area contributed by atoms with Gasteiger partial charge in [-0.2, -0.15) is 0 Å². The summed E-state index contributed by atoms with van der Waals surface area (Å²) in [5, 5.41) is 3.41. The average molecular weight is 251 g/mol. The highest BCUT2D eigenvalue weighted by Gasteiger charge is 2.25. The molecule has 0 saturated carbocycles. The lowest BCUT2D eigenvalue weighted by Gasteiger charge is -2.25. The molecule has 0 unspecified atom stereocenters. The molecule has 0 amide bonds. The Morgan fingerprint density at radius 2 is 2.00 bits per heavy atom. The van der Waals surface area contributed by atoms with E-state index in [0.717, 1.165) is 45.7 Å². The van der Waals surface area contributed by atoms with Gasteiger partial charge < -0.3 is 14.6 Å². The monoisotopic (exact) mass is 251 g/mol. The Balaban J connectivity index is 0.000000574. The molecule has 0 aliphatic carbocycles. The molecule has 18 heavy (non-hydrogen) atoms. The first-order chi connectivity index (χ1) is 8.86. The van der Waals surface area contributed by atoms with Crippen LogP contribution >= 0.6 is 0 Å². The van der Waals surface area contributed by atoms with E-state index in [2.05, 4.69) is 16.8 Å². The van der Waals surface area contributed by atoms with E-state index in [0.29, 0.717) is 5.92 Å². The number of rotatable bonds is 1. The summed E-state index contributed by atoms with van der Waals surface area (Å²) in [5.41, 5.74) is 2.58. The molecule has 4 heteroatoms. The van der Waals surface area contributed by atoms with Crippen molar-refractivity contribution in [3.05, 3.63) is 17.2 Å². The van der Waals surface area contributed by atoms with Crippen LogP contribution in [0, 0.1) is 6.92 Å². The van der Waals surface area contributed by atoms with Gasteiger partial charge in [0.1, 0.15) is 5.82 Å². The molecule has 0 spiro atoms. The number of aryl methyl sites for hydroxylation is 1. The molecule has 1 aromatic rings. The first-order valence-corrected chi connectivity index (χ1v) is 7.20. The van der Waals surface area contributed by atoms with Gasteiger partial charge in [-0.05, 0) is 19.8 Å². The highest BCUT2D eigenvalue weighted by Crippen LogP contribution is 2.28. The first kappa shape index (κ1) is 13.6. The summed E-state index contributed by atoms with van der Waals surface area (Å²) < 4.78 is 7.86. The van der Waals surface area contributed by atoms with Crippen LogP contribution in [0.2, 0.25) is 0 Å². The van der Waals surface area contributed by atoms with E-state index >= 15 is 0 Å². The summed E-state index contributed by atoms with van der Waals surface area (Å²) in [6.45, 7) is 11.0. The molecule has 3 rings (SSSR count). The van der Waals surface area contributed by atoms with Gasteiger partial charge in [-0.3, -0.25) is 0 Å². The van der Waals surface area contributed by atoms with Crippen molar-refractivity contribution in [3.63, 3.8) is 0 Å². The minimum absolute atomic E-state index is 0.610. The largest absolute Gasteiger partial charge is 0.381 e. The number of nitrogens with zero attached hydrogens (tertiary/aromatic N) is 2. The van der Waals surface area contributed by atoms with Crippen molar-refractivity contribution in [1.82, 2.24) is 14.9 Å². The van der Waals surface area contributed by atoms with Gasteiger partial charge in [0, 0.05) is 38.8 Å². The fraction of sp³-hybridized carbons (Fsp3) is 0.786. The molecular formula is C14H25N3O. The topological polar surface area (TPSA) is 39.1 Å². The van der Waals surface area contributed by atoms with Crippen molar-refractivity contribution >= 4 is 0 Å². The van der Waals surface area contributed by atoms with E-state index in [1.54, 1.807) is 0 Å². The van der Waals surface area contributed by atoms with Crippen LogP contribution < -0.4 is 5.32 Å². The van der Waals surface area contributed by atoms with Crippen LogP contribution in [0.5, 0.6) is 0 Å². The Hall–Kier alpha value is -0.870. The van der Waals surface area contributed by atoms with E-state index in [1.165, 1.54) is 17.2 Å². The molecule has 0 aromatic carbocycles. The fourth-order valence-electron chi connectivity index (χ4n) is 2.77. The van der Waals surface area contributed by atoms with Gasteiger partial charge in [-0.1, -0.05) is 13.8 Å². The van der Waals surface area contributed by atoms with Crippen molar-refractivity contribution < 1.29 is 4.74 Å². The molecule has 102 valence electrons. The van der Waals surface area contributed by atoms with Gasteiger partial charge in [0.05, 0.1) is 11.4 Å². The maximum Gasteiger partial charge on any atom is 0.112 e. The zero-order chi connectivity index (χ0) is 13.0. The molecule has 2 aliphatic heterocycles.